The SMILES string of the molecule is NC(=O)CC1CCC(=NC(=O)c2ccc(Br)cc2F)CC1. The molecule has 6 heteroatoms. The number of benzene rings is 1. The first-order chi connectivity index (χ1) is 9.95. The first-order valence-corrected chi connectivity index (χ1v) is 7.59. The van der Waals surface area contributed by atoms with Crippen molar-refractivity contribution < 1.29 is 14.0 Å². The minimum absolute atomic E-state index is 0.0232. The summed E-state index contributed by atoms with van der Waals surface area (Å²) in [6.45, 7) is 0. The first-order valence-electron chi connectivity index (χ1n) is 6.80. The van der Waals surface area contributed by atoms with E-state index in [1.807, 2.05) is 0 Å². The average Bonchev–Trinajstić information content (AvgIpc) is 2.40. The van der Waals surface area contributed by atoms with Gasteiger partial charge in [0, 0.05) is 16.6 Å². The molecule has 1 aromatic rings. The molecule has 0 heterocycles. The summed E-state index contributed by atoms with van der Waals surface area (Å²) in [7, 11) is 0. The molecular weight excluding hydrogens is 339 g/mol. The summed E-state index contributed by atoms with van der Waals surface area (Å²) in [6.07, 6.45) is 3.27. The van der Waals surface area contributed by atoms with Gasteiger partial charge in [0.15, 0.2) is 0 Å². The van der Waals surface area contributed by atoms with E-state index in [0.29, 0.717) is 23.7 Å². The van der Waals surface area contributed by atoms with Crippen LogP contribution in [0.1, 0.15) is 42.5 Å². The maximum atomic E-state index is 13.7. The molecule has 2 N–H and O–H groups in total. The highest BCUT2D eigenvalue weighted by Gasteiger charge is 2.20. The van der Waals surface area contributed by atoms with E-state index < -0.39 is 11.7 Å². The first kappa shape index (κ1) is 15.8. The maximum absolute atomic E-state index is 13.7. The zero-order chi connectivity index (χ0) is 15.4. The zero-order valence-electron chi connectivity index (χ0n) is 11.4. The lowest BCUT2D eigenvalue weighted by atomic mass is 9.85. The van der Waals surface area contributed by atoms with E-state index in [2.05, 4.69) is 20.9 Å². The van der Waals surface area contributed by atoms with E-state index >= 15 is 0 Å². The molecule has 0 spiro atoms. The topological polar surface area (TPSA) is 72.5 Å². The minimum Gasteiger partial charge on any atom is -0.370 e. The molecular formula is C15H16BrFN2O2. The molecule has 0 aliphatic heterocycles. The lowest BCUT2D eigenvalue weighted by molar-refractivity contribution is -0.119. The van der Waals surface area contributed by atoms with Crippen molar-refractivity contribution in [3.63, 3.8) is 0 Å². The standard InChI is InChI=1S/C15H16BrFN2O2/c16-10-3-6-12(13(17)8-10)15(21)19-11-4-1-9(2-5-11)7-14(18)20/h3,6,8-9H,1-2,4-5,7H2,(H2,18,20). The predicted octanol–water partition coefficient (Wildman–Crippen LogP) is 3.24. The summed E-state index contributed by atoms with van der Waals surface area (Å²) in [5.74, 6) is -1.17. The maximum Gasteiger partial charge on any atom is 0.279 e. The molecule has 0 unspecified atom stereocenters. The fourth-order valence-corrected chi connectivity index (χ4v) is 2.81. The lowest BCUT2D eigenvalue weighted by Crippen LogP contribution is -2.21. The third kappa shape index (κ3) is 4.46. The number of carbonyl (C=O) groups excluding carboxylic acids is 2. The number of nitrogens with two attached hydrogens (primary N) is 1. The molecule has 112 valence electrons. The van der Waals surface area contributed by atoms with E-state index in [9.17, 15) is 14.0 Å². The number of halogens is 2. The molecule has 1 fully saturated rings. The molecule has 0 bridgehead atoms. The molecule has 1 saturated carbocycles. The number of amides is 2. The summed E-state index contributed by atoms with van der Waals surface area (Å²) in [4.78, 5) is 26.9. The van der Waals surface area contributed by atoms with Gasteiger partial charge in [-0.15, -0.1) is 0 Å². The van der Waals surface area contributed by atoms with Crippen molar-refractivity contribution in [2.75, 3.05) is 0 Å². The van der Waals surface area contributed by atoms with Gasteiger partial charge >= 0.3 is 0 Å². The van der Waals surface area contributed by atoms with Gasteiger partial charge in [0.25, 0.3) is 5.91 Å². The summed E-state index contributed by atoms with van der Waals surface area (Å²) in [6, 6.07) is 4.28. The van der Waals surface area contributed by atoms with Gasteiger partial charge in [-0.1, -0.05) is 15.9 Å². The Morgan fingerprint density at radius 2 is 2.00 bits per heavy atom. The van der Waals surface area contributed by atoms with Crippen LogP contribution in [0.4, 0.5) is 4.39 Å². The Morgan fingerprint density at radius 3 is 2.57 bits per heavy atom. The Bertz CT molecular complexity index is 591. The molecule has 0 atom stereocenters. The molecule has 0 radical (unpaired) electrons. The van der Waals surface area contributed by atoms with E-state index in [1.165, 1.54) is 12.1 Å². The molecule has 2 rings (SSSR count). The highest BCUT2D eigenvalue weighted by atomic mass is 79.9. The monoisotopic (exact) mass is 354 g/mol. The second-order valence-corrected chi connectivity index (χ2v) is 6.14. The van der Waals surface area contributed by atoms with Crippen molar-refractivity contribution in [3.05, 3.63) is 34.1 Å². The predicted molar refractivity (Wildman–Crippen MR) is 81.6 cm³/mol. The Kier molecular flexibility index (Phi) is 5.22. The van der Waals surface area contributed by atoms with Crippen LogP contribution in [0.15, 0.2) is 27.7 Å². The van der Waals surface area contributed by atoms with Crippen molar-refractivity contribution in [2.45, 2.75) is 32.1 Å². The molecule has 0 aromatic heterocycles. The van der Waals surface area contributed by atoms with E-state index in [0.717, 1.165) is 18.6 Å². The van der Waals surface area contributed by atoms with Gasteiger partial charge in [-0.25, -0.2) is 9.38 Å². The Morgan fingerprint density at radius 1 is 1.33 bits per heavy atom. The van der Waals surface area contributed by atoms with Crippen LogP contribution >= 0.6 is 15.9 Å². The summed E-state index contributed by atoms with van der Waals surface area (Å²) in [5.41, 5.74) is 5.92. The summed E-state index contributed by atoms with van der Waals surface area (Å²) < 4.78 is 14.3. The fraction of sp³-hybridized carbons (Fsp3) is 0.400. The molecule has 4 nitrogen and oxygen atoms in total. The normalized spacial score (nSPS) is 18.4. The van der Waals surface area contributed by atoms with Crippen LogP contribution in [-0.4, -0.2) is 17.5 Å². The lowest BCUT2D eigenvalue weighted by Gasteiger charge is -2.21. The molecule has 0 saturated heterocycles. The minimum atomic E-state index is -0.582. The van der Waals surface area contributed by atoms with Crippen molar-refractivity contribution in [1.82, 2.24) is 0 Å². The fourth-order valence-electron chi connectivity index (χ4n) is 2.48. The van der Waals surface area contributed by atoms with Gasteiger partial charge in [-0.05, 0) is 49.8 Å². The van der Waals surface area contributed by atoms with Crippen LogP contribution in [0.2, 0.25) is 0 Å². The number of aliphatic imine (C=N–C) groups is 1. The Labute approximate surface area is 130 Å². The summed E-state index contributed by atoms with van der Waals surface area (Å²) in [5, 5.41) is 0. The molecule has 1 aliphatic rings. The third-order valence-corrected chi connectivity index (χ3v) is 4.09. The quantitative estimate of drug-likeness (QED) is 0.904. The van der Waals surface area contributed by atoms with Crippen molar-refractivity contribution in [1.29, 1.82) is 0 Å². The second-order valence-electron chi connectivity index (χ2n) is 5.22. The van der Waals surface area contributed by atoms with Crippen LogP contribution in [0.5, 0.6) is 0 Å². The number of hydrogen-bond acceptors (Lipinski definition) is 2. The second kappa shape index (κ2) is 6.93. The van der Waals surface area contributed by atoms with Crippen LogP contribution in [0.3, 0.4) is 0 Å². The van der Waals surface area contributed by atoms with Gasteiger partial charge in [0.2, 0.25) is 5.91 Å². The van der Waals surface area contributed by atoms with E-state index in [4.69, 9.17) is 5.73 Å². The van der Waals surface area contributed by atoms with Crippen LogP contribution < -0.4 is 5.73 Å². The Balaban J connectivity index is 2.01. The average molecular weight is 355 g/mol. The number of carbonyl (C=O) groups is 2. The highest BCUT2D eigenvalue weighted by molar-refractivity contribution is 9.10. The van der Waals surface area contributed by atoms with Gasteiger partial charge in [-0.3, -0.25) is 9.59 Å². The number of primary amides is 1. The smallest absolute Gasteiger partial charge is 0.279 e. The molecule has 1 aromatic carbocycles. The highest BCUT2D eigenvalue weighted by Crippen LogP contribution is 2.25. The molecule has 1 aliphatic carbocycles. The van der Waals surface area contributed by atoms with Gasteiger partial charge in [0.05, 0.1) is 5.56 Å². The molecule has 21 heavy (non-hydrogen) atoms. The van der Waals surface area contributed by atoms with Crippen molar-refractivity contribution in [2.24, 2.45) is 16.6 Å². The van der Waals surface area contributed by atoms with Crippen LogP contribution in [-0.2, 0) is 4.79 Å². The zero-order valence-corrected chi connectivity index (χ0v) is 13.0. The van der Waals surface area contributed by atoms with Gasteiger partial charge in [-0.2, -0.15) is 0 Å². The van der Waals surface area contributed by atoms with Gasteiger partial charge in [0.1, 0.15) is 5.82 Å². The number of hydrogen-bond donors (Lipinski definition) is 1. The van der Waals surface area contributed by atoms with Crippen molar-refractivity contribution >= 4 is 33.5 Å². The van der Waals surface area contributed by atoms with E-state index in [1.54, 1.807) is 6.07 Å². The third-order valence-electron chi connectivity index (χ3n) is 3.59. The number of nitrogens with zero attached hydrogens (tertiary/aromatic N) is 1. The number of rotatable bonds is 3. The van der Waals surface area contributed by atoms with Crippen molar-refractivity contribution in [3.8, 4) is 0 Å². The van der Waals surface area contributed by atoms with Crippen LogP contribution in [0, 0.1) is 11.7 Å². The van der Waals surface area contributed by atoms with E-state index in [-0.39, 0.29) is 17.4 Å². The van der Waals surface area contributed by atoms with Gasteiger partial charge < -0.3 is 5.73 Å². The van der Waals surface area contributed by atoms with Crippen LogP contribution in [0.25, 0.3) is 0 Å². The summed E-state index contributed by atoms with van der Waals surface area (Å²) >= 11 is 3.15. The Hall–Kier alpha value is -1.56. The molecule has 2 amide bonds. The largest absolute Gasteiger partial charge is 0.370 e.